The van der Waals surface area contributed by atoms with Crippen LogP contribution in [0.3, 0.4) is 0 Å². The van der Waals surface area contributed by atoms with Crippen molar-refractivity contribution in [3.05, 3.63) is 35.9 Å². The predicted octanol–water partition coefficient (Wildman–Crippen LogP) is 4.41. The van der Waals surface area contributed by atoms with E-state index in [1.165, 1.54) is 19.3 Å². The highest BCUT2D eigenvalue weighted by Crippen LogP contribution is 2.37. The van der Waals surface area contributed by atoms with Gasteiger partial charge < -0.3 is 4.74 Å². The number of ether oxygens (including phenoxy) is 1. The van der Waals surface area contributed by atoms with Crippen molar-refractivity contribution in [2.24, 2.45) is 5.92 Å². The minimum Gasteiger partial charge on any atom is -0.460 e. The molecule has 0 spiro atoms. The summed E-state index contributed by atoms with van der Waals surface area (Å²) in [7, 11) is 0. The molecule has 4 heteroatoms. The number of hydrogen-bond donors (Lipinski definition) is 0. The summed E-state index contributed by atoms with van der Waals surface area (Å²) in [6.07, 6.45) is 7.16. The Morgan fingerprint density at radius 3 is 2.50 bits per heavy atom. The van der Waals surface area contributed by atoms with Crippen LogP contribution in [0.1, 0.15) is 56.9 Å². The van der Waals surface area contributed by atoms with Crippen molar-refractivity contribution in [2.45, 2.75) is 57.5 Å². The van der Waals surface area contributed by atoms with Crippen LogP contribution in [0.5, 0.6) is 0 Å². The fourth-order valence-electron chi connectivity index (χ4n) is 4.15. The minimum absolute atomic E-state index is 0. The van der Waals surface area contributed by atoms with Crippen molar-refractivity contribution in [1.29, 1.82) is 0 Å². The molecule has 1 aliphatic carbocycles. The first-order valence-electron chi connectivity index (χ1n) is 9.25. The maximum absolute atomic E-state index is 13.0. The summed E-state index contributed by atoms with van der Waals surface area (Å²) >= 11 is 0. The second-order valence-electron chi connectivity index (χ2n) is 7.03. The van der Waals surface area contributed by atoms with Crippen LogP contribution >= 0.6 is 12.4 Å². The van der Waals surface area contributed by atoms with Gasteiger partial charge >= 0.3 is 5.97 Å². The summed E-state index contributed by atoms with van der Waals surface area (Å²) in [5.74, 6) is 0.376. The van der Waals surface area contributed by atoms with Crippen molar-refractivity contribution in [3.63, 3.8) is 0 Å². The van der Waals surface area contributed by atoms with E-state index >= 15 is 0 Å². The van der Waals surface area contributed by atoms with Gasteiger partial charge in [-0.15, -0.1) is 12.4 Å². The van der Waals surface area contributed by atoms with Gasteiger partial charge in [0.05, 0.1) is 5.92 Å². The molecular weight excluding hydrogens is 322 g/mol. The molecule has 0 radical (unpaired) electrons. The monoisotopic (exact) mass is 351 g/mol. The number of esters is 1. The van der Waals surface area contributed by atoms with Crippen molar-refractivity contribution in [2.75, 3.05) is 19.6 Å². The van der Waals surface area contributed by atoms with Gasteiger partial charge in [-0.1, -0.05) is 56.5 Å². The standard InChI is InChI=1S/C20H29NO2.ClH/c1-2-21-14-13-18(15-21)23-20(22)19(16-9-5-3-6-10-16)17-11-7-4-8-12-17;/h3,5-6,9-10,17-19H,2,4,7-8,11-15H2,1H3;1H. The number of carbonyl (C=O) groups excluding carboxylic acids is 1. The third-order valence-electron chi connectivity index (χ3n) is 5.49. The average Bonchev–Trinajstić information content (AvgIpc) is 3.04. The minimum atomic E-state index is -0.0767. The summed E-state index contributed by atoms with van der Waals surface area (Å²) in [6.45, 7) is 5.15. The lowest BCUT2D eigenvalue weighted by Crippen LogP contribution is -2.30. The molecular formula is C20H30ClNO2. The first-order chi connectivity index (χ1) is 11.3. The molecule has 134 valence electrons. The van der Waals surface area contributed by atoms with E-state index in [4.69, 9.17) is 4.74 Å². The molecule has 3 rings (SSSR count). The van der Waals surface area contributed by atoms with Crippen LogP contribution in [0.15, 0.2) is 30.3 Å². The highest BCUT2D eigenvalue weighted by Gasteiger charge is 2.34. The number of hydrogen-bond acceptors (Lipinski definition) is 3. The highest BCUT2D eigenvalue weighted by atomic mass is 35.5. The van der Waals surface area contributed by atoms with Crippen LogP contribution in [-0.2, 0) is 9.53 Å². The van der Waals surface area contributed by atoms with Gasteiger partial charge in [0.25, 0.3) is 0 Å². The average molecular weight is 352 g/mol. The lowest BCUT2D eigenvalue weighted by atomic mass is 9.77. The number of halogens is 1. The van der Waals surface area contributed by atoms with Crippen LogP contribution in [0, 0.1) is 5.92 Å². The predicted molar refractivity (Wildman–Crippen MR) is 99.6 cm³/mol. The number of likely N-dealkylation sites (N-methyl/N-ethyl adjacent to an activating group) is 1. The molecule has 2 atom stereocenters. The molecule has 1 aromatic carbocycles. The van der Waals surface area contributed by atoms with E-state index in [1.54, 1.807) is 0 Å². The summed E-state index contributed by atoms with van der Waals surface area (Å²) < 4.78 is 5.93. The van der Waals surface area contributed by atoms with Crippen molar-refractivity contribution < 1.29 is 9.53 Å². The van der Waals surface area contributed by atoms with Crippen molar-refractivity contribution >= 4 is 18.4 Å². The van der Waals surface area contributed by atoms with Crippen molar-refractivity contribution in [3.8, 4) is 0 Å². The first kappa shape index (κ1) is 19.3. The molecule has 1 saturated heterocycles. The third kappa shape index (κ3) is 4.73. The summed E-state index contributed by atoms with van der Waals surface area (Å²) in [5, 5.41) is 0. The number of carbonyl (C=O) groups is 1. The number of nitrogens with zero attached hydrogens (tertiary/aromatic N) is 1. The van der Waals surface area contributed by atoms with Gasteiger partial charge in [0.15, 0.2) is 0 Å². The van der Waals surface area contributed by atoms with Crippen LogP contribution in [-0.4, -0.2) is 36.6 Å². The van der Waals surface area contributed by atoms with Crippen LogP contribution in [0.4, 0.5) is 0 Å². The number of likely N-dealkylation sites (tertiary alicyclic amines) is 1. The van der Waals surface area contributed by atoms with E-state index in [0.29, 0.717) is 5.92 Å². The molecule has 2 aliphatic rings. The van der Waals surface area contributed by atoms with Gasteiger partial charge in [-0.3, -0.25) is 9.69 Å². The van der Waals surface area contributed by atoms with Gasteiger partial charge in [-0.25, -0.2) is 0 Å². The molecule has 1 saturated carbocycles. The topological polar surface area (TPSA) is 29.5 Å². The van der Waals surface area contributed by atoms with Gasteiger partial charge in [0, 0.05) is 13.1 Å². The number of rotatable bonds is 5. The van der Waals surface area contributed by atoms with Gasteiger partial charge in [0.2, 0.25) is 0 Å². The lowest BCUT2D eigenvalue weighted by Gasteiger charge is -2.30. The molecule has 0 amide bonds. The van der Waals surface area contributed by atoms with E-state index in [-0.39, 0.29) is 30.4 Å². The molecule has 2 fully saturated rings. The fourth-order valence-corrected chi connectivity index (χ4v) is 4.15. The molecule has 1 aliphatic heterocycles. The molecule has 0 N–H and O–H groups in total. The van der Waals surface area contributed by atoms with Crippen LogP contribution < -0.4 is 0 Å². The first-order valence-corrected chi connectivity index (χ1v) is 9.25. The lowest BCUT2D eigenvalue weighted by molar-refractivity contribution is -0.152. The normalized spacial score (nSPS) is 23.5. The zero-order chi connectivity index (χ0) is 16.1. The maximum atomic E-state index is 13.0. The summed E-state index contributed by atoms with van der Waals surface area (Å²) in [6, 6.07) is 10.3. The SMILES string of the molecule is CCN1CCC(OC(=O)C(c2ccccc2)C2CCCCC2)C1.Cl. The second kappa shape index (κ2) is 9.43. The van der Waals surface area contributed by atoms with Crippen LogP contribution in [0.25, 0.3) is 0 Å². The smallest absolute Gasteiger partial charge is 0.314 e. The van der Waals surface area contributed by atoms with Gasteiger partial charge in [-0.05, 0) is 37.3 Å². The molecule has 1 aromatic rings. The van der Waals surface area contributed by atoms with E-state index in [2.05, 4.69) is 24.0 Å². The zero-order valence-corrected chi connectivity index (χ0v) is 15.5. The Hall–Kier alpha value is -1.06. The molecule has 3 nitrogen and oxygen atoms in total. The largest absolute Gasteiger partial charge is 0.460 e. The molecule has 0 bridgehead atoms. The Morgan fingerprint density at radius 1 is 1.17 bits per heavy atom. The van der Waals surface area contributed by atoms with Crippen LogP contribution in [0.2, 0.25) is 0 Å². The maximum Gasteiger partial charge on any atom is 0.314 e. The fraction of sp³-hybridized carbons (Fsp3) is 0.650. The van der Waals surface area contributed by atoms with E-state index in [9.17, 15) is 4.79 Å². The Labute approximate surface area is 152 Å². The molecule has 24 heavy (non-hydrogen) atoms. The summed E-state index contributed by atoms with van der Waals surface area (Å²) in [4.78, 5) is 15.3. The third-order valence-corrected chi connectivity index (χ3v) is 5.49. The quantitative estimate of drug-likeness (QED) is 0.736. The highest BCUT2D eigenvalue weighted by molar-refractivity contribution is 5.85. The van der Waals surface area contributed by atoms with E-state index < -0.39 is 0 Å². The van der Waals surface area contributed by atoms with E-state index in [1.807, 2.05) is 18.2 Å². The molecule has 2 unspecified atom stereocenters. The Bertz CT molecular complexity index is 502. The van der Waals surface area contributed by atoms with Gasteiger partial charge in [0.1, 0.15) is 6.10 Å². The zero-order valence-electron chi connectivity index (χ0n) is 14.7. The second-order valence-corrected chi connectivity index (χ2v) is 7.03. The Balaban J connectivity index is 0.00000208. The van der Waals surface area contributed by atoms with Gasteiger partial charge in [-0.2, -0.15) is 0 Å². The molecule has 0 aromatic heterocycles. The van der Waals surface area contributed by atoms with E-state index in [0.717, 1.165) is 44.5 Å². The number of benzene rings is 1. The Kier molecular flexibility index (Phi) is 7.57. The molecule has 1 heterocycles. The summed E-state index contributed by atoms with van der Waals surface area (Å²) in [5.41, 5.74) is 1.13. The van der Waals surface area contributed by atoms with Crippen molar-refractivity contribution in [1.82, 2.24) is 4.90 Å². The Morgan fingerprint density at radius 2 is 1.88 bits per heavy atom.